The molecule has 0 bridgehead atoms. The van der Waals surface area contributed by atoms with E-state index in [2.05, 4.69) is 161 Å². The Hall–Kier alpha value is -11.2. The lowest BCUT2D eigenvalue weighted by atomic mass is 9.34. The molecule has 0 amide bonds. The third kappa shape index (κ3) is 6.84. The van der Waals surface area contributed by atoms with Gasteiger partial charge in [0.05, 0.1) is 54.1 Å². The van der Waals surface area contributed by atoms with E-state index in [4.69, 9.17) is 18.9 Å². The number of nitrogens with zero attached hydrogens (tertiary/aromatic N) is 4. The number of benzene rings is 11. The number of aromatic nitrogens is 3. The van der Waals surface area contributed by atoms with Gasteiger partial charge in [-0.15, -0.1) is 0 Å². The number of hydrogen-bond donors (Lipinski definition) is 0. The summed E-state index contributed by atoms with van der Waals surface area (Å²) in [7, 11) is -4.09. The Morgan fingerprint density at radius 3 is 1.51 bits per heavy atom. The van der Waals surface area contributed by atoms with Gasteiger partial charge in [0.1, 0.15) is 52.1 Å². The van der Waals surface area contributed by atoms with Crippen molar-refractivity contribution in [2.24, 2.45) is 0 Å². The molecule has 4 aliphatic rings. The smallest absolute Gasteiger partial charge is 0.260 e. The Bertz CT molecular complexity index is 5620. The van der Waals surface area contributed by atoms with Crippen molar-refractivity contribution >= 4 is 122 Å². The van der Waals surface area contributed by atoms with Crippen LogP contribution in [0.15, 0.2) is 270 Å². The van der Waals surface area contributed by atoms with Crippen LogP contribution in [-0.2, 0) is 9.84 Å². The van der Waals surface area contributed by atoms with E-state index in [0.29, 0.717) is 23.0 Å². The van der Waals surface area contributed by atoms with E-state index in [1.807, 2.05) is 72.8 Å². The third-order valence-corrected chi connectivity index (χ3v) is 19.9. The van der Waals surface area contributed by atoms with Gasteiger partial charge in [0.2, 0.25) is 9.84 Å². The van der Waals surface area contributed by atoms with Gasteiger partial charge in [-0.25, -0.2) is 8.42 Å². The Morgan fingerprint density at radius 1 is 0.483 bits per heavy atom. The summed E-state index contributed by atoms with van der Waals surface area (Å²) in [4.78, 5) is 0.0362. The lowest BCUT2D eigenvalue weighted by Crippen LogP contribution is -2.57. The molecule has 18 rings (SSSR count). The Morgan fingerprint density at radius 2 is 0.931 bits per heavy atom. The molecule has 13 heteroatoms. The van der Waals surface area contributed by atoms with Crippen molar-refractivity contribution < 1.29 is 27.4 Å². The number of nitriles is 1. The van der Waals surface area contributed by atoms with Crippen LogP contribution < -0.4 is 46.3 Å². The monoisotopic (exact) mass is 1140 g/mol. The average Bonchev–Trinajstić information content (AvgIpc) is 1.54. The minimum atomic E-state index is -4.09. The van der Waals surface area contributed by atoms with Crippen molar-refractivity contribution in [3.05, 3.63) is 266 Å². The van der Waals surface area contributed by atoms with Crippen molar-refractivity contribution in [2.45, 2.75) is 16.7 Å². The molecular weight excluding hydrogens is 1090 g/mol. The van der Waals surface area contributed by atoms with Gasteiger partial charge in [0, 0.05) is 66.8 Å². The van der Waals surface area contributed by atoms with Gasteiger partial charge >= 0.3 is 0 Å². The zero-order chi connectivity index (χ0) is 58.0. The second-order valence-electron chi connectivity index (χ2n) is 22.6. The van der Waals surface area contributed by atoms with Crippen molar-refractivity contribution in [1.82, 2.24) is 13.7 Å². The van der Waals surface area contributed by atoms with Gasteiger partial charge in [-0.2, -0.15) is 5.26 Å². The summed E-state index contributed by atoms with van der Waals surface area (Å²) in [6, 6.07) is 78.4. The molecule has 14 aromatic rings. The average molecular weight is 1140 g/mol. The van der Waals surface area contributed by atoms with Crippen LogP contribution in [0, 0.1) is 11.3 Å². The summed E-state index contributed by atoms with van der Waals surface area (Å²) in [5.74, 6) is 5.70. The van der Waals surface area contributed by atoms with Crippen molar-refractivity contribution in [3.63, 3.8) is 0 Å². The molecule has 408 valence electrons. The first-order chi connectivity index (χ1) is 42.7. The minimum Gasteiger partial charge on any atom is -0.459 e. The van der Waals surface area contributed by atoms with E-state index in [9.17, 15) is 13.7 Å². The van der Waals surface area contributed by atoms with Crippen LogP contribution in [0.3, 0.4) is 0 Å². The van der Waals surface area contributed by atoms with E-state index < -0.39 is 9.84 Å². The quantitative estimate of drug-likeness (QED) is 0.153. The largest absolute Gasteiger partial charge is 0.459 e. The topological polar surface area (TPSA) is 110 Å². The Kier molecular flexibility index (Phi) is 10.3. The van der Waals surface area contributed by atoms with Gasteiger partial charge in [-0.3, -0.25) is 0 Å². The second kappa shape index (κ2) is 18.2. The first-order valence-electron chi connectivity index (χ1n) is 28.9. The molecule has 7 heterocycles. The number of para-hydroxylation sites is 7. The van der Waals surface area contributed by atoms with Crippen LogP contribution in [-0.4, -0.2) is 35.5 Å². The standard InChI is InChI=1S/C74H44B2N4O6S/c1-43(39-63-70-44(2)83-59-30-14-7-23-52(59)75(70)53-24-8-15-31-60(53)84-63)78-56-27-11-4-20-49(56)67-72(78)68-50-21-5-12-28-57(50)79(46-35-37-48(38-36-46)87(81,82)66-34-18-3-19-45(66)42-77)73(68)69-51-22-6-13-29-58(51)80(74(67)69)47-40-64-71-65(41-47)86-62-33-17-10-26-55(62)76(71)54-25-9-16-32-61(54)85-64/h3-41H,2H2,1H3/b43-39+. The highest BCUT2D eigenvalue weighted by Gasteiger charge is 2.43. The Balaban J connectivity index is 0.976. The van der Waals surface area contributed by atoms with Crippen LogP contribution in [0.25, 0.3) is 82.5 Å². The fraction of sp³-hybridized carbons (Fsp3) is 0.0135. The zero-order valence-corrected chi connectivity index (χ0v) is 47.3. The molecule has 0 saturated carbocycles. The first-order valence-corrected chi connectivity index (χ1v) is 30.4. The van der Waals surface area contributed by atoms with Gasteiger partial charge in [0.25, 0.3) is 13.4 Å². The highest BCUT2D eigenvalue weighted by molar-refractivity contribution is 7.91. The fourth-order valence-electron chi connectivity index (χ4n) is 14.5. The lowest BCUT2D eigenvalue weighted by Gasteiger charge is -2.33. The van der Waals surface area contributed by atoms with E-state index in [0.717, 1.165) is 138 Å². The summed E-state index contributed by atoms with van der Waals surface area (Å²) >= 11 is 0. The Labute approximate surface area is 499 Å². The van der Waals surface area contributed by atoms with Crippen LogP contribution in [0.5, 0.6) is 34.5 Å². The fourth-order valence-corrected chi connectivity index (χ4v) is 15.9. The maximum atomic E-state index is 14.5. The molecule has 0 saturated heterocycles. The SMILES string of the molecule is C=C1Oc2ccccc2B2C1=C(/C=C(\C)n1c3ccccc3c3c1c1c4ccccc4n(-c4ccc(S(=O)(=O)c5ccccc5C#N)cc4)c1c1c4ccccc4n(-c4cc5c6c(c4)Oc4ccccc4B6c4ccccc4O5)c31)Oc1ccccc12. The zero-order valence-electron chi connectivity index (χ0n) is 46.5. The van der Waals surface area contributed by atoms with Crippen molar-refractivity contribution in [2.75, 3.05) is 0 Å². The molecule has 0 fully saturated rings. The summed E-state index contributed by atoms with van der Waals surface area (Å²) in [6.45, 7) is 6.37. The summed E-state index contributed by atoms with van der Waals surface area (Å²) < 4.78 is 63.6. The summed E-state index contributed by atoms with van der Waals surface area (Å²) in [6.07, 6.45) is 2.13. The lowest BCUT2D eigenvalue weighted by molar-refractivity contribution is 0.411. The van der Waals surface area contributed by atoms with Crippen molar-refractivity contribution in [3.8, 4) is 51.9 Å². The maximum Gasteiger partial charge on any atom is 0.260 e. The van der Waals surface area contributed by atoms with Crippen LogP contribution in [0.2, 0.25) is 0 Å². The van der Waals surface area contributed by atoms with E-state index in [1.165, 1.54) is 12.1 Å². The summed E-state index contributed by atoms with van der Waals surface area (Å²) in [5.41, 5.74) is 14.3. The molecule has 3 aromatic heterocycles. The molecule has 0 atom stereocenters. The van der Waals surface area contributed by atoms with E-state index >= 15 is 0 Å². The highest BCUT2D eigenvalue weighted by Crippen LogP contribution is 2.51. The van der Waals surface area contributed by atoms with E-state index in [-0.39, 0.29) is 28.8 Å². The van der Waals surface area contributed by atoms with Crippen LogP contribution in [0.4, 0.5) is 0 Å². The number of ether oxygens (including phenoxy) is 4. The molecule has 87 heavy (non-hydrogen) atoms. The van der Waals surface area contributed by atoms with Gasteiger partial charge in [-0.1, -0.05) is 146 Å². The molecule has 11 aromatic carbocycles. The highest BCUT2D eigenvalue weighted by atomic mass is 32.2. The van der Waals surface area contributed by atoms with Crippen LogP contribution in [0.1, 0.15) is 12.5 Å². The molecule has 0 radical (unpaired) electrons. The van der Waals surface area contributed by atoms with E-state index in [1.54, 1.807) is 24.3 Å². The predicted octanol–water partition coefficient (Wildman–Crippen LogP) is 13.7. The molecule has 0 spiro atoms. The molecule has 10 nitrogen and oxygen atoms in total. The maximum absolute atomic E-state index is 14.5. The van der Waals surface area contributed by atoms with Gasteiger partial charge < -0.3 is 32.6 Å². The van der Waals surface area contributed by atoms with Gasteiger partial charge in [0.15, 0.2) is 0 Å². The third-order valence-electron chi connectivity index (χ3n) is 18.0. The second-order valence-corrected chi connectivity index (χ2v) is 24.5. The first kappa shape index (κ1) is 49.3. The molecule has 0 unspecified atom stereocenters. The predicted molar refractivity (Wildman–Crippen MR) is 348 cm³/mol. The molecular formula is C74H44B2N4O6S. The molecule has 0 aliphatic carbocycles. The number of hydrogen-bond acceptors (Lipinski definition) is 7. The summed E-state index contributed by atoms with van der Waals surface area (Å²) in [5, 5.41) is 16.1. The number of allylic oxidation sites excluding steroid dienone is 3. The normalized spacial score (nSPS) is 14.0. The molecule has 0 N–H and O–H groups in total. The van der Waals surface area contributed by atoms with Crippen molar-refractivity contribution in [1.29, 1.82) is 5.26 Å². The van der Waals surface area contributed by atoms with Gasteiger partial charge in [-0.05, 0) is 114 Å². The number of sulfone groups is 1. The molecule has 4 aliphatic heterocycles. The minimum absolute atomic E-state index is 0.0404. The number of rotatable bonds is 6. The van der Waals surface area contributed by atoms with Crippen LogP contribution >= 0.6 is 0 Å². The number of fused-ring (bicyclic) bond motifs is 21.